The molecule has 0 spiro atoms. The van der Waals surface area contributed by atoms with Gasteiger partial charge in [0.2, 0.25) is 0 Å². The largest absolute Gasteiger partial charge is 0.256 e. The summed E-state index contributed by atoms with van der Waals surface area (Å²) in [7, 11) is 0. The fourth-order valence-electron chi connectivity index (χ4n) is 5.92. The second kappa shape index (κ2) is 13.1. The van der Waals surface area contributed by atoms with E-state index in [1.165, 1.54) is 69.8 Å². The van der Waals surface area contributed by atoms with E-state index in [1.807, 2.05) is 18.3 Å². The Hall–Kier alpha value is -1.70. The Balaban J connectivity index is 1.64. The molecular weight excluding hydrogens is 393 g/mol. The molecule has 0 radical (unpaired) electrons. The predicted molar refractivity (Wildman–Crippen MR) is 135 cm³/mol. The Morgan fingerprint density at radius 2 is 1.72 bits per heavy atom. The summed E-state index contributed by atoms with van der Waals surface area (Å²) in [6.45, 7) is 6.82. The van der Waals surface area contributed by atoms with Crippen LogP contribution in [0.25, 0.3) is 11.3 Å². The Morgan fingerprint density at radius 3 is 2.41 bits per heavy atom. The third kappa shape index (κ3) is 6.90. The number of halogens is 1. The van der Waals surface area contributed by atoms with E-state index in [9.17, 15) is 4.39 Å². The third-order valence-corrected chi connectivity index (χ3v) is 7.64. The highest BCUT2D eigenvalue weighted by molar-refractivity contribution is 5.60. The molecule has 0 saturated heterocycles. The lowest BCUT2D eigenvalue weighted by Gasteiger charge is -2.38. The van der Waals surface area contributed by atoms with Crippen molar-refractivity contribution in [2.75, 3.05) is 0 Å². The molecule has 176 valence electrons. The summed E-state index contributed by atoms with van der Waals surface area (Å²) in [6, 6.07) is 9.85. The van der Waals surface area contributed by atoms with Crippen molar-refractivity contribution in [3.63, 3.8) is 0 Å². The zero-order chi connectivity index (χ0) is 22.8. The van der Waals surface area contributed by atoms with E-state index in [0.717, 1.165) is 48.3 Å². The molecule has 1 aliphatic rings. The molecular formula is C30H44FN. The minimum atomic E-state index is -0.134. The van der Waals surface area contributed by atoms with Crippen molar-refractivity contribution in [3.8, 4) is 11.3 Å². The molecule has 1 heterocycles. The maximum absolute atomic E-state index is 15.0. The molecule has 0 aliphatic heterocycles. The Kier molecular flexibility index (Phi) is 10.2. The molecule has 0 N–H and O–H groups in total. The molecule has 1 saturated carbocycles. The van der Waals surface area contributed by atoms with Crippen LogP contribution in [0.4, 0.5) is 4.39 Å². The average molecular weight is 438 g/mol. The van der Waals surface area contributed by atoms with Crippen LogP contribution >= 0.6 is 0 Å². The number of nitrogens with zero attached hydrogens (tertiary/aromatic N) is 1. The summed E-state index contributed by atoms with van der Waals surface area (Å²) < 4.78 is 15.0. The van der Waals surface area contributed by atoms with Crippen molar-refractivity contribution in [2.45, 2.75) is 104 Å². The lowest BCUT2D eigenvalue weighted by atomic mass is 9.68. The van der Waals surface area contributed by atoms with Gasteiger partial charge >= 0.3 is 0 Å². The molecule has 1 aromatic heterocycles. The number of hydrogen-bond donors (Lipinski definition) is 0. The average Bonchev–Trinajstić information content (AvgIpc) is 2.82. The van der Waals surface area contributed by atoms with Crippen molar-refractivity contribution in [1.82, 2.24) is 4.98 Å². The summed E-state index contributed by atoms with van der Waals surface area (Å²) in [5, 5.41) is 0. The fraction of sp³-hybridized carbons (Fsp3) is 0.633. The van der Waals surface area contributed by atoms with Crippen LogP contribution in [0, 0.1) is 23.6 Å². The maximum atomic E-state index is 15.0. The smallest absolute Gasteiger partial charge is 0.132 e. The fourth-order valence-corrected chi connectivity index (χ4v) is 5.92. The zero-order valence-electron chi connectivity index (χ0n) is 20.7. The van der Waals surface area contributed by atoms with Crippen LogP contribution in [0.5, 0.6) is 0 Å². The Morgan fingerprint density at radius 1 is 0.906 bits per heavy atom. The van der Waals surface area contributed by atoms with Gasteiger partial charge in [0, 0.05) is 11.8 Å². The summed E-state index contributed by atoms with van der Waals surface area (Å²) in [5.41, 5.74) is 3.71. The van der Waals surface area contributed by atoms with E-state index in [1.54, 1.807) is 6.07 Å². The highest BCUT2D eigenvalue weighted by atomic mass is 19.1. The molecule has 1 aliphatic carbocycles. The van der Waals surface area contributed by atoms with Crippen molar-refractivity contribution < 1.29 is 4.39 Å². The van der Waals surface area contributed by atoms with Crippen LogP contribution < -0.4 is 0 Å². The SMILES string of the molecule is CCCCC(CCC)[C@@H]1CCCC[C@H]1CCc1ccc(-c2ccc(CCC)cn2)c(F)c1. The van der Waals surface area contributed by atoms with Crippen molar-refractivity contribution in [2.24, 2.45) is 17.8 Å². The van der Waals surface area contributed by atoms with Crippen molar-refractivity contribution in [3.05, 3.63) is 53.5 Å². The monoisotopic (exact) mass is 437 g/mol. The van der Waals surface area contributed by atoms with Crippen LogP contribution in [0.1, 0.15) is 103 Å². The lowest BCUT2D eigenvalue weighted by Crippen LogP contribution is -2.27. The number of pyridine rings is 1. The van der Waals surface area contributed by atoms with Gasteiger partial charge in [-0.3, -0.25) is 4.98 Å². The number of unbranched alkanes of at least 4 members (excludes halogenated alkanes) is 1. The molecule has 3 rings (SSSR count). The van der Waals surface area contributed by atoms with Gasteiger partial charge in [0.05, 0.1) is 5.69 Å². The first-order valence-electron chi connectivity index (χ1n) is 13.4. The number of aromatic nitrogens is 1. The molecule has 2 aromatic rings. The van der Waals surface area contributed by atoms with Crippen molar-refractivity contribution >= 4 is 0 Å². The molecule has 1 fully saturated rings. The van der Waals surface area contributed by atoms with E-state index < -0.39 is 0 Å². The van der Waals surface area contributed by atoms with Gasteiger partial charge in [-0.15, -0.1) is 0 Å². The second-order valence-electron chi connectivity index (χ2n) is 10.1. The van der Waals surface area contributed by atoms with E-state index in [2.05, 4.69) is 37.9 Å². The van der Waals surface area contributed by atoms with Crippen LogP contribution in [-0.4, -0.2) is 4.98 Å². The normalized spacial score (nSPS) is 19.8. The summed E-state index contributed by atoms with van der Waals surface area (Å²) in [6.07, 6.45) is 18.5. The maximum Gasteiger partial charge on any atom is 0.132 e. The molecule has 1 unspecified atom stereocenters. The third-order valence-electron chi connectivity index (χ3n) is 7.64. The van der Waals surface area contributed by atoms with Gasteiger partial charge in [0.1, 0.15) is 5.82 Å². The van der Waals surface area contributed by atoms with E-state index >= 15 is 0 Å². The highest BCUT2D eigenvalue weighted by Gasteiger charge is 2.30. The van der Waals surface area contributed by atoms with Crippen LogP contribution in [0.3, 0.4) is 0 Å². The molecule has 3 atom stereocenters. The Bertz CT molecular complexity index is 797. The molecule has 1 aromatic carbocycles. The number of aryl methyl sites for hydroxylation is 2. The van der Waals surface area contributed by atoms with Gasteiger partial charge in [-0.25, -0.2) is 4.39 Å². The summed E-state index contributed by atoms with van der Waals surface area (Å²) in [4.78, 5) is 4.51. The van der Waals surface area contributed by atoms with Crippen LogP contribution in [0.15, 0.2) is 36.5 Å². The van der Waals surface area contributed by atoms with Gasteiger partial charge in [-0.1, -0.05) is 90.7 Å². The summed E-state index contributed by atoms with van der Waals surface area (Å²) in [5.74, 6) is 2.45. The first kappa shape index (κ1) is 24.9. The minimum Gasteiger partial charge on any atom is -0.256 e. The highest BCUT2D eigenvalue weighted by Crippen LogP contribution is 2.41. The van der Waals surface area contributed by atoms with Gasteiger partial charge in [-0.2, -0.15) is 0 Å². The molecule has 2 heteroatoms. The van der Waals surface area contributed by atoms with Crippen LogP contribution in [0.2, 0.25) is 0 Å². The van der Waals surface area contributed by atoms with Gasteiger partial charge < -0.3 is 0 Å². The van der Waals surface area contributed by atoms with Gasteiger partial charge in [-0.05, 0) is 72.8 Å². The van der Waals surface area contributed by atoms with Gasteiger partial charge in [0.15, 0.2) is 0 Å². The number of benzene rings is 1. The summed E-state index contributed by atoms with van der Waals surface area (Å²) >= 11 is 0. The lowest BCUT2D eigenvalue weighted by molar-refractivity contribution is 0.135. The topological polar surface area (TPSA) is 12.9 Å². The van der Waals surface area contributed by atoms with E-state index in [0.29, 0.717) is 5.56 Å². The van der Waals surface area contributed by atoms with Crippen LogP contribution in [-0.2, 0) is 12.8 Å². The molecule has 0 amide bonds. The Labute approximate surface area is 196 Å². The zero-order valence-corrected chi connectivity index (χ0v) is 20.7. The number of rotatable bonds is 12. The van der Waals surface area contributed by atoms with Gasteiger partial charge in [0.25, 0.3) is 0 Å². The predicted octanol–water partition coefficient (Wildman–Crippen LogP) is 9.19. The molecule has 0 bridgehead atoms. The quantitative estimate of drug-likeness (QED) is 0.322. The number of hydrogen-bond acceptors (Lipinski definition) is 1. The second-order valence-corrected chi connectivity index (χ2v) is 10.1. The standard InChI is InChI=1S/C30H44FN/c1-4-7-12-25(11-6-3)27-14-9-8-13-26(27)18-15-23-16-19-28(29(31)21-23)30-20-17-24(10-5-2)22-32-30/h16-17,19-22,25-27H,4-15,18H2,1-3H3/t25?,26-,27-/m0/s1. The van der Waals surface area contributed by atoms with E-state index in [-0.39, 0.29) is 5.82 Å². The molecule has 32 heavy (non-hydrogen) atoms. The first-order chi connectivity index (χ1) is 15.7. The molecule has 1 nitrogen and oxygen atoms in total. The van der Waals surface area contributed by atoms with Crippen molar-refractivity contribution in [1.29, 1.82) is 0 Å². The van der Waals surface area contributed by atoms with E-state index in [4.69, 9.17) is 0 Å². The first-order valence-corrected chi connectivity index (χ1v) is 13.4. The minimum absolute atomic E-state index is 0.134.